The van der Waals surface area contributed by atoms with Crippen LogP contribution in [0.2, 0.25) is 0 Å². The molecule has 2 fully saturated rings. The second kappa shape index (κ2) is 17.0. The molecule has 11 nitrogen and oxygen atoms in total. The number of halogens is 1. The lowest BCUT2D eigenvalue weighted by Gasteiger charge is -2.21. The van der Waals surface area contributed by atoms with Crippen molar-refractivity contribution in [2.24, 2.45) is 10.8 Å². The van der Waals surface area contributed by atoms with Crippen molar-refractivity contribution in [1.82, 2.24) is 39.2 Å². The van der Waals surface area contributed by atoms with Gasteiger partial charge in [0, 0.05) is 79.8 Å². The maximum Gasteiger partial charge on any atom is 0.167 e. The van der Waals surface area contributed by atoms with Crippen LogP contribution < -0.4 is 15.5 Å². The van der Waals surface area contributed by atoms with E-state index in [1.54, 1.807) is 16.9 Å². The van der Waals surface area contributed by atoms with Crippen molar-refractivity contribution in [3.05, 3.63) is 150 Å². The Hall–Kier alpha value is -6.14. The zero-order valence-electron chi connectivity index (χ0n) is 34.1. The molecule has 0 saturated carbocycles. The molecule has 0 aliphatic carbocycles. The summed E-state index contributed by atoms with van der Waals surface area (Å²) in [6.07, 6.45) is 10.4. The summed E-state index contributed by atoms with van der Waals surface area (Å²) in [5.41, 5.74) is 14.4. The maximum atomic E-state index is 5.66. The highest BCUT2D eigenvalue weighted by molar-refractivity contribution is 9.10. The molecule has 0 spiro atoms. The van der Waals surface area contributed by atoms with Gasteiger partial charge in [0.25, 0.3) is 0 Å². The summed E-state index contributed by atoms with van der Waals surface area (Å²) in [6.45, 7) is 13.5. The van der Waals surface area contributed by atoms with Gasteiger partial charge in [-0.1, -0.05) is 100 Å². The molecule has 2 N–H and O–H groups in total. The molecular formula is C47H50BrN11. The largest absolute Gasteiger partial charge is 0.384 e. The average molecular weight is 849 g/mol. The molecule has 6 aromatic heterocycles. The average Bonchev–Trinajstić information content (AvgIpc) is 4.06. The minimum absolute atomic E-state index is 0.357. The SMILES string of the molecule is Brc1cc(-c2ccccc2)nn2ccnc12.CC1(C)CCN(c2cccc(Cc3cc(-c4ccccc4)nn4ccnc34)n2)C1.CC1(C)CCN(c2cccc(N)n2)C1. The monoisotopic (exact) mass is 847 g/mol. The van der Waals surface area contributed by atoms with Gasteiger partial charge >= 0.3 is 0 Å². The van der Waals surface area contributed by atoms with E-state index in [1.807, 2.05) is 89.7 Å². The molecule has 8 aromatic rings. The number of benzene rings is 2. The molecule has 0 unspecified atom stereocenters. The molecule has 8 heterocycles. The molecule has 0 amide bonds. The Morgan fingerprint density at radius 2 is 1.14 bits per heavy atom. The summed E-state index contributed by atoms with van der Waals surface area (Å²) in [5, 5.41) is 9.22. The molecule has 2 aliphatic heterocycles. The number of aromatic nitrogens is 8. The van der Waals surface area contributed by atoms with Crippen LogP contribution in [0.3, 0.4) is 0 Å². The minimum atomic E-state index is 0.357. The fraction of sp³-hybridized carbons (Fsp3) is 0.277. The molecule has 12 heteroatoms. The zero-order valence-corrected chi connectivity index (χ0v) is 35.7. The number of nitrogens with two attached hydrogens (primary N) is 1. The van der Waals surface area contributed by atoms with Gasteiger partial charge in [-0.15, -0.1) is 0 Å². The summed E-state index contributed by atoms with van der Waals surface area (Å²) in [6, 6.07) is 36.6. The molecule has 10 rings (SSSR count). The Labute approximate surface area is 354 Å². The first kappa shape index (κ1) is 39.7. The maximum absolute atomic E-state index is 5.66. The van der Waals surface area contributed by atoms with Crippen LogP contribution in [0.4, 0.5) is 17.5 Å². The quantitative estimate of drug-likeness (QED) is 0.175. The van der Waals surface area contributed by atoms with Crippen LogP contribution in [0.5, 0.6) is 0 Å². The van der Waals surface area contributed by atoms with Gasteiger partial charge in [0.15, 0.2) is 11.3 Å². The van der Waals surface area contributed by atoms with Crippen LogP contribution in [-0.4, -0.2) is 65.3 Å². The van der Waals surface area contributed by atoms with E-state index in [1.165, 1.54) is 12.8 Å². The van der Waals surface area contributed by atoms with Crippen LogP contribution in [0, 0.1) is 10.8 Å². The van der Waals surface area contributed by atoms with Crippen LogP contribution in [0.1, 0.15) is 51.8 Å². The molecule has 2 saturated heterocycles. The lowest BCUT2D eigenvalue weighted by molar-refractivity contribution is 0.418. The van der Waals surface area contributed by atoms with E-state index >= 15 is 0 Å². The van der Waals surface area contributed by atoms with E-state index in [2.05, 4.69) is 110 Å². The van der Waals surface area contributed by atoms with E-state index in [0.29, 0.717) is 16.6 Å². The Kier molecular flexibility index (Phi) is 11.4. The summed E-state index contributed by atoms with van der Waals surface area (Å²) >= 11 is 3.50. The number of hydrogen-bond acceptors (Lipinski definition) is 9. The number of nitrogen functional groups attached to an aromatic ring is 1. The number of imidazole rings is 2. The summed E-state index contributed by atoms with van der Waals surface area (Å²) < 4.78 is 4.59. The molecule has 0 atom stereocenters. The van der Waals surface area contributed by atoms with Crippen LogP contribution >= 0.6 is 15.9 Å². The topological polar surface area (TPSA) is 119 Å². The number of rotatable bonds is 6. The van der Waals surface area contributed by atoms with Gasteiger partial charge in [-0.3, -0.25) is 0 Å². The third-order valence-corrected chi connectivity index (χ3v) is 11.4. The predicted molar refractivity (Wildman–Crippen MR) is 241 cm³/mol. The highest BCUT2D eigenvalue weighted by Gasteiger charge is 2.31. The van der Waals surface area contributed by atoms with E-state index in [0.717, 1.165) is 93.8 Å². The number of pyridine rings is 2. The van der Waals surface area contributed by atoms with E-state index < -0.39 is 0 Å². The van der Waals surface area contributed by atoms with E-state index in [9.17, 15) is 0 Å². The number of fused-ring (bicyclic) bond motifs is 2. The van der Waals surface area contributed by atoms with Crippen molar-refractivity contribution in [2.45, 2.75) is 47.0 Å². The number of hydrogen-bond donors (Lipinski definition) is 1. The third-order valence-electron chi connectivity index (χ3n) is 10.8. The van der Waals surface area contributed by atoms with Gasteiger partial charge in [-0.05, 0) is 76.0 Å². The number of anilines is 3. The highest BCUT2D eigenvalue weighted by Crippen LogP contribution is 2.33. The standard InChI is InChI=1S/C24H25N5.C12H8BrN3.C11H17N3/c1-24(2)11-13-28(17-24)22-10-6-9-20(26-22)15-19-16-21(18-7-4-3-5-8-18)27-29-14-12-25-23(19)29;13-10-8-11(9-4-2-1-3-5-9)15-16-7-6-14-12(10)16;1-11(2)6-7-14(8-11)10-5-3-4-9(12)13-10/h3-10,12,14,16H,11,13,15,17H2,1-2H3;1-8H;3-5H,6-8H2,1-2H3,(H2,12,13). The zero-order chi connectivity index (χ0) is 41.0. The van der Waals surface area contributed by atoms with Crippen molar-refractivity contribution in [3.8, 4) is 22.5 Å². The van der Waals surface area contributed by atoms with Crippen LogP contribution in [0.25, 0.3) is 33.8 Å². The Bertz CT molecular complexity index is 2650. The van der Waals surface area contributed by atoms with Crippen molar-refractivity contribution in [3.63, 3.8) is 0 Å². The van der Waals surface area contributed by atoms with Crippen LogP contribution in [-0.2, 0) is 6.42 Å². The van der Waals surface area contributed by atoms with Crippen molar-refractivity contribution in [1.29, 1.82) is 0 Å². The van der Waals surface area contributed by atoms with Crippen molar-refractivity contribution < 1.29 is 0 Å². The second-order valence-corrected chi connectivity index (χ2v) is 17.7. The van der Waals surface area contributed by atoms with Gasteiger partial charge in [0.2, 0.25) is 0 Å². The smallest absolute Gasteiger partial charge is 0.167 e. The summed E-state index contributed by atoms with van der Waals surface area (Å²) in [7, 11) is 0. The lowest BCUT2D eigenvalue weighted by atomic mass is 9.93. The number of nitrogens with zero attached hydrogens (tertiary/aromatic N) is 10. The van der Waals surface area contributed by atoms with Gasteiger partial charge in [-0.25, -0.2) is 29.0 Å². The van der Waals surface area contributed by atoms with E-state index in [-0.39, 0.29) is 0 Å². The van der Waals surface area contributed by atoms with Gasteiger partial charge in [-0.2, -0.15) is 10.2 Å². The van der Waals surface area contributed by atoms with Crippen molar-refractivity contribution >= 4 is 44.7 Å². The Morgan fingerprint density at radius 1 is 0.610 bits per heavy atom. The van der Waals surface area contributed by atoms with Crippen LogP contribution in [0.15, 0.2) is 138 Å². The van der Waals surface area contributed by atoms with Gasteiger partial charge < -0.3 is 15.5 Å². The predicted octanol–water partition coefficient (Wildman–Crippen LogP) is 9.68. The first-order chi connectivity index (χ1) is 28.5. The normalized spacial score (nSPS) is 15.5. The molecule has 0 bridgehead atoms. The highest BCUT2D eigenvalue weighted by atomic mass is 79.9. The fourth-order valence-corrected chi connectivity index (χ4v) is 8.16. The fourth-order valence-electron chi connectivity index (χ4n) is 7.66. The molecule has 0 radical (unpaired) electrons. The Morgan fingerprint density at radius 3 is 1.69 bits per heavy atom. The third kappa shape index (κ3) is 9.60. The first-order valence-electron chi connectivity index (χ1n) is 20.1. The molecular weight excluding hydrogens is 798 g/mol. The Balaban J connectivity index is 0.000000136. The first-order valence-corrected chi connectivity index (χ1v) is 20.9. The lowest BCUT2D eigenvalue weighted by Crippen LogP contribution is -2.23. The van der Waals surface area contributed by atoms with E-state index in [4.69, 9.17) is 15.8 Å². The van der Waals surface area contributed by atoms with Gasteiger partial charge in [0.05, 0.1) is 15.9 Å². The summed E-state index contributed by atoms with van der Waals surface area (Å²) in [5.74, 6) is 2.69. The molecule has 2 aromatic carbocycles. The summed E-state index contributed by atoms with van der Waals surface area (Å²) in [4.78, 5) is 22.7. The van der Waals surface area contributed by atoms with Gasteiger partial charge in [0.1, 0.15) is 17.5 Å². The molecule has 59 heavy (non-hydrogen) atoms. The minimum Gasteiger partial charge on any atom is -0.384 e. The van der Waals surface area contributed by atoms with Crippen molar-refractivity contribution in [2.75, 3.05) is 41.7 Å². The molecule has 300 valence electrons. The second-order valence-electron chi connectivity index (χ2n) is 16.8. The molecule has 2 aliphatic rings.